The predicted molar refractivity (Wildman–Crippen MR) is 60.6 cm³/mol. The Kier molecular flexibility index (Phi) is 3.54. The molecule has 1 aliphatic rings. The smallest absolute Gasteiger partial charge is 0.120 e. The summed E-state index contributed by atoms with van der Waals surface area (Å²) >= 11 is 2.05. The highest BCUT2D eigenvalue weighted by atomic mass is 32.2. The van der Waals surface area contributed by atoms with Gasteiger partial charge in [0.05, 0.1) is 12.3 Å². The zero-order chi connectivity index (χ0) is 9.80. The number of nitrogens with one attached hydrogen (secondary N) is 1. The van der Waals surface area contributed by atoms with Gasteiger partial charge in [0.2, 0.25) is 0 Å². The van der Waals surface area contributed by atoms with E-state index in [0.29, 0.717) is 12.1 Å². The third kappa shape index (κ3) is 2.55. The second-order valence-corrected chi connectivity index (χ2v) is 4.97. The van der Waals surface area contributed by atoms with E-state index in [2.05, 4.69) is 12.2 Å². The van der Waals surface area contributed by atoms with Crippen LogP contribution >= 0.6 is 11.8 Å². The van der Waals surface area contributed by atoms with Gasteiger partial charge in [-0.05, 0) is 37.7 Å². The van der Waals surface area contributed by atoms with Crippen LogP contribution in [-0.4, -0.2) is 17.5 Å². The molecule has 78 valence electrons. The molecule has 1 saturated heterocycles. The molecule has 0 spiro atoms. The summed E-state index contributed by atoms with van der Waals surface area (Å²) in [7, 11) is 0. The van der Waals surface area contributed by atoms with Crippen LogP contribution in [0, 0.1) is 0 Å². The lowest BCUT2D eigenvalue weighted by Crippen LogP contribution is -2.35. The van der Waals surface area contributed by atoms with Gasteiger partial charge in [0, 0.05) is 11.8 Å². The highest BCUT2D eigenvalue weighted by Gasteiger charge is 2.17. The lowest BCUT2D eigenvalue weighted by molar-refractivity contribution is 0.387. The van der Waals surface area contributed by atoms with Crippen LogP contribution in [0.4, 0.5) is 0 Å². The van der Waals surface area contributed by atoms with Gasteiger partial charge in [-0.2, -0.15) is 11.8 Å². The Bertz CT molecular complexity index is 254. The Balaban J connectivity index is 1.84. The first kappa shape index (κ1) is 10.1. The average Bonchev–Trinajstić information content (AvgIpc) is 2.72. The maximum absolute atomic E-state index is 5.37. The van der Waals surface area contributed by atoms with E-state index < -0.39 is 0 Å². The summed E-state index contributed by atoms with van der Waals surface area (Å²) in [5, 5.41) is 3.61. The van der Waals surface area contributed by atoms with E-state index in [-0.39, 0.29) is 0 Å². The van der Waals surface area contributed by atoms with Crippen molar-refractivity contribution in [3.8, 4) is 0 Å². The normalized spacial score (nSPS) is 24.8. The molecule has 1 aliphatic heterocycles. The number of hydrogen-bond donors (Lipinski definition) is 1. The molecule has 0 bridgehead atoms. The van der Waals surface area contributed by atoms with Crippen LogP contribution in [0.3, 0.4) is 0 Å². The van der Waals surface area contributed by atoms with Crippen LogP contribution in [0.2, 0.25) is 0 Å². The minimum Gasteiger partial charge on any atom is -0.468 e. The van der Waals surface area contributed by atoms with Gasteiger partial charge in [-0.25, -0.2) is 0 Å². The summed E-state index contributed by atoms with van der Waals surface area (Å²) < 4.78 is 5.37. The van der Waals surface area contributed by atoms with Gasteiger partial charge in [-0.1, -0.05) is 0 Å². The number of hydrogen-bond acceptors (Lipinski definition) is 3. The van der Waals surface area contributed by atoms with E-state index in [9.17, 15) is 0 Å². The molecule has 2 nitrogen and oxygen atoms in total. The molecule has 0 radical (unpaired) electrons. The molecule has 3 heteroatoms. The molecule has 0 saturated carbocycles. The van der Waals surface area contributed by atoms with Crippen molar-refractivity contribution in [1.82, 2.24) is 5.32 Å². The molecule has 14 heavy (non-hydrogen) atoms. The summed E-state index contributed by atoms with van der Waals surface area (Å²) in [6.07, 6.45) is 4.38. The van der Waals surface area contributed by atoms with Crippen molar-refractivity contribution in [2.75, 3.05) is 11.5 Å². The van der Waals surface area contributed by atoms with Gasteiger partial charge >= 0.3 is 0 Å². The van der Waals surface area contributed by atoms with E-state index in [0.717, 1.165) is 5.76 Å². The molecule has 0 amide bonds. The van der Waals surface area contributed by atoms with E-state index in [1.807, 2.05) is 23.9 Å². The third-order valence-electron chi connectivity index (χ3n) is 2.62. The van der Waals surface area contributed by atoms with Crippen LogP contribution in [0.5, 0.6) is 0 Å². The third-order valence-corrected chi connectivity index (χ3v) is 3.83. The van der Waals surface area contributed by atoms with E-state index in [4.69, 9.17) is 4.42 Å². The first-order valence-electron chi connectivity index (χ1n) is 5.23. The molecule has 0 aromatic carbocycles. The molecule has 2 atom stereocenters. The summed E-state index contributed by atoms with van der Waals surface area (Å²) in [6, 6.07) is 4.99. The Morgan fingerprint density at radius 3 is 3.21 bits per heavy atom. The number of thioether (sulfide) groups is 1. The molecule has 2 rings (SSSR count). The number of rotatable bonds is 3. The van der Waals surface area contributed by atoms with Gasteiger partial charge in [0.25, 0.3) is 0 Å². The fraction of sp³-hybridized carbons (Fsp3) is 0.636. The second-order valence-electron chi connectivity index (χ2n) is 3.82. The van der Waals surface area contributed by atoms with Gasteiger partial charge < -0.3 is 9.73 Å². The highest BCUT2D eigenvalue weighted by Crippen LogP contribution is 2.20. The Morgan fingerprint density at radius 1 is 1.64 bits per heavy atom. The lowest BCUT2D eigenvalue weighted by atomic mass is 10.1. The molecule has 1 N–H and O–H groups in total. The van der Waals surface area contributed by atoms with Crippen molar-refractivity contribution in [1.29, 1.82) is 0 Å². The summed E-state index contributed by atoms with van der Waals surface area (Å²) in [5.41, 5.74) is 0. The molecule has 1 aromatic rings. The zero-order valence-corrected chi connectivity index (χ0v) is 9.35. The molecule has 2 heterocycles. The topological polar surface area (TPSA) is 25.2 Å². The molecule has 1 aromatic heterocycles. The van der Waals surface area contributed by atoms with E-state index >= 15 is 0 Å². The van der Waals surface area contributed by atoms with Gasteiger partial charge in [-0.3, -0.25) is 0 Å². The van der Waals surface area contributed by atoms with Gasteiger partial charge in [0.1, 0.15) is 5.76 Å². The van der Waals surface area contributed by atoms with Crippen LogP contribution in [-0.2, 0) is 0 Å². The van der Waals surface area contributed by atoms with E-state index in [1.54, 1.807) is 6.26 Å². The maximum atomic E-state index is 5.37. The first-order chi connectivity index (χ1) is 6.86. The lowest BCUT2D eigenvalue weighted by Gasteiger charge is -2.25. The first-order valence-corrected chi connectivity index (χ1v) is 6.39. The maximum Gasteiger partial charge on any atom is 0.120 e. The molecule has 0 aliphatic carbocycles. The number of furan rings is 1. The van der Waals surface area contributed by atoms with Crippen molar-refractivity contribution < 1.29 is 4.42 Å². The van der Waals surface area contributed by atoms with Gasteiger partial charge in [0.15, 0.2) is 0 Å². The van der Waals surface area contributed by atoms with Crippen LogP contribution < -0.4 is 5.32 Å². The fourth-order valence-corrected chi connectivity index (χ4v) is 2.93. The summed E-state index contributed by atoms with van der Waals surface area (Å²) in [6.45, 7) is 2.16. The summed E-state index contributed by atoms with van der Waals surface area (Å²) in [4.78, 5) is 0. The molecular weight excluding hydrogens is 194 g/mol. The van der Waals surface area contributed by atoms with Crippen molar-refractivity contribution >= 4 is 11.8 Å². The summed E-state index contributed by atoms with van der Waals surface area (Å²) in [5.74, 6) is 3.61. The molecular formula is C11H17NOS. The quantitative estimate of drug-likeness (QED) is 0.832. The largest absolute Gasteiger partial charge is 0.468 e. The second kappa shape index (κ2) is 4.89. The van der Waals surface area contributed by atoms with Crippen molar-refractivity contribution in [2.24, 2.45) is 0 Å². The fourth-order valence-electron chi connectivity index (χ4n) is 1.85. The standard InChI is InChI=1S/C11H17NOS/c1-9(11-5-2-6-13-11)12-10-4-3-7-14-8-10/h2,5-6,9-10,12H,3-4,7-8H2,1H3/t9-,10?/m0/s1. The Hall–Kier alpha value is -0.410. The van der Waals surface area contributed by atoms with Crippen molar-refractivity contribution in [3.63, 3.8) is 0 Å². The minimum atomic E-state index is 0.341. The predicted octanol–water partition coefficient (Wildman–Crippen LogP) is 2.83. The van der Waals surface area contributed by atoms with Gasteiger partial charge in [-0.15, -0.1) is 0 Å². The molecule has 1 unspecified atom stereocenters. The van der Waals surface area contributed by atoms with E-state index in [1.165, 1.54) is 24.3 Å². The molecule has 1 fully saturated rings. The van der Waals surface area contributed by atoms with Crippen molar-refractivity contribution in [2.45, 2.75) is 31.8 Å². The Labute approximate surface area is 89.4 Å². The average molecular weight is 211 g/mol. The van der Waals surface area contributed by atoms with Crippen LogP contribution in [0.1, 0.15) is 31.6 Å². The van der Waals surface area contributed by atoms with Crippen molar-refractivity contribution in [3.05, 3.63) is 24.2 Å². The highest BCUT2D eigenvalue weighted by molar-refractivity contribution is 7.99. The SMILES string of the molecule is C[C@H](NC1CCCSC1)c1ccco1. The Morgan fingerprint density at radius 2 is 2.57 bits per heavy atom. The van der Waals surface area contributed by atoms with Crippen LogP contribution in [0.15, 0.2) is 22.8 Å². The zero-order valence-electron chi connectivity index (χ0n) is 8.53. The minimum absolute atomic E-state index is 0.341. The van der Waals surface area contributed by atoms with Crippen LogP contribution in [0.25, 0.3) is 0 Å². The monoisotopic (exact) mass is 211 g/mol.